The van der Waals surface area contributed by atoms with Crippen LogP contribution in [0.3, 0.4) is 0 Å². The van der Waals surface area contributed by atoms with Gasteiger partial charge in [-0.15, -0.1) is 0 Å². The topological polar surface area (TPSA) is 75.0 Å². The molecule has 0 aliphatic carbocycles. The molecule has 0 fully saturated rings. The van der Waals surface area contributed by atoms with E-state index in [4.69, 9.17) is 9.72 Å². The number of nitrogens with zero attached hydrogens (tertiary/aromatic N) is 2. The van der Waals surface area contributed by atoms with Crippen LogP contribution in [0, 0.1) is 31.1 Å². The lowest BCUT2D eigenvalue weighted by molar-refractivity contribution is 0.131. The highest BCUT2D eigenvalue weighted by atomic mass is 16.5. The molecule has 0 aliphatic heterocycles. The third-order valence-corrected chi connectivity index (χ3v) is 4.44. The van der Waals surface area contributed by atoms with Gasteiger partial charge in [-0.2, -0.15) is 5.26 Å². The number of hydrogen-bond donors (Lipinski definition) is 1. The van der Waals surface area contributed by atoms with Crippen LogP contribution in [0.4, 0.5) is 4.79 Å². The van der Waals surface area contributed by atoms with Crippen molar-refractivity contribution in [3.05, 3.63) is 52.3 Å². The number of aryl methyl sites for hydroxylation is 2. The molecule has 2 rings (SSSR count). The highest BCUT2D eigenvalue weighted by Crippen LogP contribution is 2.33. The molecule has 5 nitrogen and oxygen atoms in total. The van der Waals surface area contributed by atoms with Crippen molar-refractivity contribution in [1.82, 2.24) is 10.3 Å². The largest absolute Gasteiger partial charge is 0.445 e. The Kier molecular flexibility index (Phi) is 7.02. The Balaban J connectivity index is 2.58. The third-order valence-electron chi connectivity index (χ3n) is 4.44. The second kappa shape index (κ2) is 9.09. The fourth-order valence-corrected chi connectivity index (χ4v) is 3.17. The Labute approximate surface area is 174 Å². The molecule has 5 heteroatoms. The summed E-state index contributed by atoms with van der Waals surface area (Å²) in [5.41, 5.74) is 5.38. The Morgan fingerprint density at radius 1 is 1.21 bits per heavy atom. The van der Waals surface area contributed by atoms with Crippen LogP contribution in [0.2, 0.25) is 0 Å². The molecule has 1 amide bonds. The summed E-state index contributed by atoms with van der Waals surface area (Å²) in [5, 5.41) is 12.6. The first-order valence-corrected chi connectivity index (χ1v) is 9.96. The summed E-state index contributed by atoms with van der Waals surface area (Å²) in [6, 6.07) is 10.3. The minimum atomic E-state index is -0.484. The predicted octanol–water partition coefficient (Wildman–Crippen LogP) is 5.46. The lowest BCUT2D eigenvalue weighted by atomic mass is 9.90. The van der Waals surface area contributed by atoms with Gasteiger partial charge in [0.25, 0.3) is 0 Å². The van der Waals surface area contributed by atoms with Crippen molar-refractivity contribution in [2.45, 2.75) is 67.0 Å². The summed E-state index contributed by atoms with van der Waals surface area (Å²) in [6.07, 6.45) is 0.257. The van der Waals surface area contributed by atoms with E-state index < -0.39 is 6.09 Å². The van der Waals surface area contributed by atoms with Crippen molar-refractivity contribution in [3.8, 4) is 17.2 Å². The lowest BCUT2D eigenvalue weighted by Crippen LogP contribution is -2.40. The van der Waals surface area contributed by atoms with Gasteiger partial charge in [0.1, 0.15) is 12.7 Å². The molecule has 1 aromatic heterocycles. The van der Waals surface area contributed by atoms with Gasteiger partial charge in [0.15, 0.2) is 0 Å². The van der Waals surface area contributed by atoms with Gasteiger partial charge in [-0.3, -0.25) is 4.98 Å². The van der Waals surface area contributed by atoms with Crippen LogP contribution in [-0.4, -0.2) is 16.6 Å². The molecule has 0 spiro atoms. The van der Waals surface area contributed by atoms with Crippen molar-refractivity contribution >= 4 is 6.09 Å². The van der Waals surface area contributed by atoms with E-state index in [9.17, 15) is 10.1 Å². The van der Waals surface area contributed by atoms with E-state index in [0.29, 0.717) is 17.2 Å². The van der Waals surface area contributed by atoms with Crippen LogP contribution in [0.15, 0.2) is 24.3 Å². The second-order valence-corrected chi connectivity index (χ2v) is 8.90. The maximum atomic E-state index is 12.3. The number of amides is 1. The van der Waals surface area contributed by atoms with Crippen LogP contribution in [0.25, 0.3) is 11.1 Å². The van der Waals surface area contributed by atoms with Crippen molar-refractivity contribution < 1.29 is 9.53 Å². The van der Waals surface area contributed by atoms with Gasteiger partial charge in [-0.25, -0.2) is 4.79 Å². The summed E-state index contributed by atoms with van der Waals surface area (Å²) >= 11 is 0. The first-order valence-electron chi connectivity index (χ1n) is 9.96. The van der Waals surface area contributed by atoms with E-state index in [1.807, 2.05) is 58.9 Å². The molecule has 2 aromatic rings. The van der Waals surface area contributed by atoms with Crippen molar-refractivity contribution in [3.63, 3.8) is 0 Å². The number of pyridine rings is 1. The number of benzene rings is 1. The molecule has 0 saturated carbocycles. The molecule has 1 N–H and O–H groups in total. The highest BCUT2D eigenvalue weighted by molar-refractivity contribution is 5.76. The van der Waals surface area contributed by atoms with Crippen LogP contribution >= 0.6 is 0 Å². The van der Waals surface area contributed by atoms with E-state index in [1.165, 1.54) is 0 Å². The quantitative estimate of drug-likeness (QED) is 0.732. The SMILES string of the molecule is Cc1ccc(-c2c(C#N)c(C)nc(CC(C)C)c2COC(=O)NC(C)(C)C)cc1. The van der Waals surface area contributed by atoms with E-state index in [1.54, 1.807) is 0 Å². The predicted molar refractivity (Wildman–Crippen MR) is 115 cm³/mol. The Hall–Kier alpha value is -2.87. The summed E-state index contributed by atoms with van der Waals surface area (Å²) in [6.45, 7) is 13.9. The minimum Gasteiger partial charge on any atom is -0.445 e. The van der Waals surface area contributed by atoms with Crippen molar-refractivity contribution in [2.75, 3.05) is 0 Å². The molecule has 0 atom stereocenters. The number of carbonyl (C=O) groups excluding carboxylic acids is 1. The van der Waals surface area contributed by atoms with Crippen molar-refractivity contribution in [2.24, 2.45) is 5.92 Å². The van der Waals surface area contributed by atoms with E-state index in [2.05, 4.69) is 25.2 Å². The molecule has 0 radical (unpaired) electrons. The number of hydrogen-bond acceptors (Lipinski definition) is 4. The van der Waals surface area contributed by atoms with Crippen LogP contribution in [0.1, 0.15) is 62.7 Å². The first kappa shape index (κ1) is 22.4. The second-order valence-electron chi connectivity index (χ2n) is 8.90. The van der Waals surface area contributed by atoms with Crippen LogP contribution < -0.4 is 5.32 Å². The number of rotatable bonds is 5. The smallest absolute Gasteiger partial charge is 0.407 e. The lowest BCUT2D eigenvalue weighted by Gasteiger charge is -2.22. The molecular weight excluding hydrogens is 362 g/mol. The first-order chi connectivity index (χ1) is 13.5. The summed E-state index contributed by atoms with van der Waals surface area (Å²) in [4.78, 5) is 17.0. The number of carbonyl (C=O) groups is 1. The molecule has 0 saturated heterocycles. The van der Waals surface area contributed by atoms with E-state index >= 15 is 0 Å². The van der Waals surface area contributed by atoms with E-state index in [-0.39, 0.29) is 12.1 Å². The normalized spacial score (nSPS) is 11.3. The number of aromatic nitrogens is 1. The molecule has 154 valence electrons. The zero-order chi connectivity index (χ0) is 21.8. The van der Waals surface area contributed by atoms with Gasteiger partial charge >= 0.3 is 6.09 Å². The van der Waals surface area contributed by atoms with Crippen molar-refractivity contribution in [1.29, 1.82) is 5.26 Å². The number of alkyl carbamates (subject to hydrolysis) is 1. The fraction of sp³-hybridized carbons (Fsp3) is 0.458. The molecule has 1 aromatic carbocycles. The number of nitrogens with one attached hydrogen (secondary N) is 1. The zero-order valence-electron chi connectivity index (χ0n) is 18.5. The maximum Gasteiger partial charge on any atom is 0.407 e. The van der Waals surface area contributed by atoms with Gasteiger partial charge in [0.2, 0.25) is 0 Å². The molecule has 1 heterocycles. The average Bonchev–Trinajstić information content (AvgIpc) is 2.59. The summed E-state index contributed by atoms with van der Waals surface area (Å²) < 4.78 is 5.55. The molecule has 0 unspecified atom stereocenters. The summed E-state index contributed by atoms with van der Waals surface area (Å²) in [7, 11) is 0. The van der Waals surface area contributed by atoms with Gasteiger partial charge in [0.05, 0.1) is 11.3 Å². The minimum absolute atomic E-state index is 0.0646. The Morgan fingerprint density at radius 2 is 1.83 bits per heavy atom. The van der Waals surface area contributed by atoms with Gasteiger partial charge in [-0.05, 0) is 52.5 Å². The Bertz CT molecular complexity index is 917. The number of nitriles is 1. The zero-order valence-corrected chi connectivity index (χ0v) is 18.5. The Morgan fingerprint density at radius 3 is 2.34 bits per heavy atom. The highest BCUT2D eigenvalue weighted by Gasteiger charge is 2.22. The standard InChI is InChI=1S/C24H31N3O2/c1-15(2)12-21-20(14-29-23(28)27-24(5,6)7)22(19(13-25)17(4)26-21)18-10-8-16(3)9-11-18/h8-11,15H,12,14H2,1-7H3,(H,27,28). The third kappa shape index (κ3) is 6.05. The summed E-state index contributed by atoms with van der Waals surface area (Å²) in [5.74, 6) is 0.378. The van der Waals surface area contributed by atoms with Gasteiger partial charge in [-0.1, -0.05) is 43.7 Å². The maximum absolute atomic E-state index is 12.3. The fourth-order valence-electron chi connectivity index (χ4n) is 3.17. The van der Waals surface area contributed by atoms with E-state index in [0.717, 1.165) is 34.4 Å². The molecule has 0 aliphatic rings. The van der Waals surface area contributed by atoms with Gasteiger partial charge < -0.3 is 10.1 Å². The molecule has 29 heavy (non-hydrogen) atoms. The van der Waals surface area contributed by atoms with Crippen LogP contribution in [-0.2, 0) is 17.8 Å². The average molecular weight is 394 g/mol. The van der Waals surface area contributed by atoms with Crippen LogP contribution in [0.5, 0.6) is 0 Å². The molecule has 0 bridgehead atoms. The monoisotopic (exact) mass is 393 g/mol. The number of ether oxygens (including phenoxy) is 1. The molecular formula is C24H31N3O2. The van der Waals surface area contributed by atoms with Gasteiger partial charge in [0, 0.05) is 22.4 Å².